The van der Waals surface area contributed by atoms with Crippen molar-refractivity contribution < 1.29 is 22.1 Å². The number of nitrogens with zero attached hydrogens (tertiary/aromatic N) is 2. The van der Waals surface area contributed by atoms with E-state index >= 15 is 0 Å². The molecule has 0 fully saturated rings. The first-order chi connectivity index (χ1) is 9.70. The minimum absolute atomic E-state index is 0.00167. The molecule has 1 heterocycles. The molecule has 1 atom stereocenters. The summed E-state index contributed by atoms with van der Waals surface area (Å²) in [5.74, 6) is -1.08. The first-order valence-corrected chi connectivity index (χ1v) is 6.16. The van der Waals surface area contributed by atoms with Crippen LogP contribution in [0, 0.1) is 11.7 Å². The van der Waals surface area contributed by atoms with Gasteiger partial charge in [0.25, 0.3) is 5.89 Å². The molecule has 114 valence electrons. The highest BCUT2D eigenvalue weighted by Gasteiger charge is 2.32. The first-order valence-electron chi connectivity index (χ1n) is 6.16. The Kier molecular flexibility index (Phi) is 3.99. The van der Waals surface area contributed by atoms with Crippen molar-refractivity contribution in [1.29, 1.82) is 0 Å². The summed E-state index contributed by atoms with van der Waals surface area (Å²) in [7, 11) is 0. The molecule has 21 heavy (non-hydrogen) atoms. The van der Waals surface area contributed by atoms with Gasteiger partial charge in [-0.15, -0.1) is 0 Å². The average molecular weight is 303 g/mol. The lowest BCUT2D eigenvalue weighted by Crippen LogP contribution is -2.18. The quantitative estimate of drug-likeness (QED) is 0.881. The lowest BCUT2D eigenvalue weighted by molar-refractivity contribution is -0.137. The maximum atomic E-state index is 13.7. The minimum Gasteiger partial charge on any atom is -0.334 e. The highest BCUT2D eigenvalue weighted by atomic mass is 19.4. The number of rotatable bonds is 3. The third-order valence-corrected chi connectivity index (χ3v) is 2.98. The summed E-state index contributed by atoms with van der Waals surface area (Å²) in [6.07, 6.45) is -4.58. The Hall–Kier alpha value is -1.96. The molecule has 2 aromatic rings. The van der Waals surface area contributed by atoms with Gasteiger partial charge in [-0.3, -0.25) is 0 Å². The van der Waals surface area contributed by atoms with E-state index in [1.165, 1.54) is 0 Å². The van der Waals surface area contributed by atoms with Gasteiger partial charge in [-0.2, -0.15) is 18.2 Å². The molecule has 1 aromatic heterocycles. The predicted octanol–water partition coefficient (Wildman–Crippen LogP) is 3.55. The first kappa shape index (κ1) is 15.4. The zero-order valence-corrected chi connectivity index (χ0v) is 11.3. The van der Waals surface area contributed by atoms with E-state index in [1.807, 2.05) is 13.8 Å². The largest absolute Gasteiger partial charge is 0.416 e. The summed E-state index contributed by atoms with van der Waals surface area (Å²) >= 11 is 0. The van der Waals surface area contributed by atoms with Crippen molar-refractivity contribution >= 4 is 0 Å². The fraction of sp³-hybridized carbons (Fsp3) is 0.385. The Labute approximate surface area is 118 Å². The van der Waals surface area contributed by atoms with Gasteiger partial charge in [-0.05, 0) is 24.1 Å². The third-order valence-electron chi connectivity index (χ3n) is 2.98. The van der Waals surface area contributed by atoms with E-state index in [2.05, 4.69) is 10.1 Å². The van der Waals surface area contributed by atoms with Gasteiger partial charge >= 0.3 is 6.18 Å². The second-order valence-electron chi connectivity index (χ2n) is 4.92. The summed E-state index contributed by atoms with van der Waals surface area (Å²) in [5.41, 5.74) is 4.41. The molecule has 2 N–H and O–H groups in total. The fourth-order valence-electron chi connectivity index (χ4n) is 1.64. The number of nitrogens with two attached hydrogens (primary N) is 1. The van der Waals surface area contributed by atoms with E-state index in [-0.39, 0.29) is 17.6 Å². The molecule has 0 saturated heterocycles. The molecule has 0 spiro atoms. The second-order valence-corrected chi connectivity index (χ2v) is 4.92. The van der Waals surface area contributed by atoms with Crippen molar-refractivity contribution in [1.82, 2.24) is 10.1 Å². The van der Waals surface area contributed by atoms with Crippen molar-refractivity contribution in [2.45, 2.75) is 26.1 Å². The van der Waals surface area contributed by atoms with E-state index in [0.29, 0.717) is 18.2 Å². The van der Waals surface area contributed by atoms with Gasteiger partial charge in [0.05, 0.1) is 17.2 Å². The molecule has 0 bridgehead atoms. The lowest BCUT2D eigenvalue weighted by atomic mass is 10.1. The molecule has 0 saturated carbocycles. The lowest BCUT2D eigenvalue weighted by Gasteiger charge is -2.09. The molecule has 1 unspecified atom stereocenters. The van der Waals surface area contributed by atoms with Crippen molar-refractivity contribution in [2.75, 3.05) is 0 Å². The zero-order chi connectivity index (χ0) is 15.8. The van der Waals surface area contributed by atoms with Crippen LogP contribution in [-0.2, 0) is 6.18 Å². The van der Waals surface area contributed by atoms with Crippen LogP contribution in [0.5, 0.6) is 0 Å². The molecular weight excluding hydrogens is 290 g/mol. The van der Waals surface area contributed by atoms with Crippen molar-refractivity contribution in [3.63, 3.8) is 0 Å². The van der Waals surface area contributed by atoms with E-state index in [4.69, 9.17) is 10.3 Å². The maximum absolute atomic E-state index is 13.7. The smallest absolute Gasteiger partial charge is 0.334 e. The molecule has 0 aliphatic rings. The standard InChI is InChI=1S/C13H13F4N3O/c1-6(2)10(18)11-19-12(21-20-11)8-5-7(13(15,16)17)3-4-9(8)14/h3-6,10H,18H2,1-2H3. The molecular formula is C13H13F4N3O. The highest BCUT2D eigenvalue weighted by Crippen LogP contribution is 2.33. The van der Waals surface area contributed by atoms with Crippen LogP contribution in [-0.4, -0.2) is 10.1 Å². The van der Waals surface area contributed by atoms with Crippen LogP contribution in [0.15, 0.2) is 22.7 Å². The van der Waals surface area contributed by atoms with E-state index in [0.717, 1.165) is 0 Å². The molecule has 1 aromatic carbocycles. The van der Waals surface area contributed by atoms with E-state index in [9.17, 15) is 17.6 Å². The molecule has 0 aliphatic carbocycles. The van der Waals surface area contributed by atoms with Gasteiger partial charge < -0.3 is 10.3 Å². The molecule has 0 radical (unpaired) electrons. The Morgan fingerprint density at radius 1 is 1.24 bits per heavy atom. The van der Waals surface area contributed by atoms with Crippen LogP contribution in [0.25, 0.3) is 11.5 Å². The van der Waals surface area contributed by atoms with Gasteiger partial charge in [-0.1, -0.05) is 19.0 Å². The summed E-state index contributed by atoms with van der Waals surface area (Å²) in [6, 6.07) is 1.45. The predicted molar refractivity (Wildman–Crippen MR) is 66.5 cm³/mol. The number of benzene rings is 1. The normalized spacial score (nSPS) is 13.7. The van der Waals surface area contributed by atoms with Crippen molar-refractivity contribution in [2.24, 2.45) is 11.7 Å². The zero-order valence-electron chi connectivity index (χ0n) is 11.3. The van der Waals surface area contributed by atoms with Crippen molar-refractivity contribution in [3.05, 3.63) is 35.4 Å². The van der Waals surface area contributed by atoms with Crippen LogP contribution in [0.3, 0.4) is 0 Å². The van der Waals surface area contributed by atoms with Crippen LogP contribution >= 0.6 is 0 Å². The van der Waals surface area contributed by atoms with Gasteiger partial charge in [0.15, 0.2) is 5.82 Å². The Balaban J connectivity index is 2.43. The highest BCUT2D eigenvalue weighted by molar-refractivity contribution is 5.55. The van der Waals surface area contributed by atoms with Gasteiger partial charge in [0, 0.05) is 0 Å². The van der Waals surface area contributed by atoms with Gasteiger partial charge in [-0.25, -0.2) is 4.39 Å². The molecule has 2 rings (SSSR count). The maximum Gasteiger partial charge on any atom is 0.416 e. The number of hydrogen-bond acceptors (Lipinski definition) is 4. The van der Waals surface area contributed by atoms with Gasteiger partial charge in [0.2, 0.25) is 0 Å². The molecule has 8 heteroatoms. The molecule has 0 amide bonds. The van der Waals surface area contributed by atoms with Crippen LogP contribution in [0.4, 0.5) is 17.6 Å². The summed E-state index contributed by atoms with van der Waals surface area (Å²) in [4.78, 5) is 3.88. The molecule has 4 nitrogen and oxygen atoms in total. The Morgan fingerprint density at radius 3 is 2.48 bits per heavy atom. The molecule has 0 aliphatic heterocycles. The van der Waals surface area contributed by atoms with Crippen LogP contribution < -0.4 is 5.73 Å². The topological polar surface area (TPSA) is 64.9 Å². The third kappa shape index (κ3) is 3.21. The fourth-order valence-corrected chi connectivity index (χ4v) is 1.64. The van der Waals surface area contributed by atoms with Crippen LogP contribution in [0.1, 0.15) is 31.3 Å². The Bertz CT molecular complexity index is 637. The average Bonchev–Trinajstić information content (AvgIpc) is 2.86. The monoisotopic (exact) mass is 303 g/mol. The minimum atomic E-state index is -4.58. The van der Waals surface area contributed by atoms with Crippen LogP contribution in [0.2, 0.25) is 0 Å². The Morgan fingerprint density at radius 2 is 1.90 bits per heavy atom. The summed E-state index contributed by atoms with van der Waals surface area (Å²) < 4.78 is 56.4. The van der Waals surface area contributed by atoms with Crippen molar-refractivity contribution in [3.8, 4) is 11.5 Å². The van der Waals surface area contributed by atoms with E-state index in [1.54, 1.807) is 0 Å². The van der Waals surface area contributed by atoms with Gasteiger partial charge in [0.1, 0.15) is 5.82 Å². The summed E-state index contributed by atoms with van der Waals surface area (Å²) in [6.45, 7) is 3.65. The number of halogens is 4. The number of alkyl halides is 3. The van der Waals surface area contributed by atoms with E-state index < -0.39 is 29.2 Å². The second kappa shape index (κ2) is 5.44. The summed E-state index contributed by atoms with van der Waals surface area (Å²) in [5, 5.41) is 3.59. The number of hydrogen-bond donors (Lipinski definition) is 1. The number of aromatic nitrogens is 2. The SMILES string of the molecule is CC(C)C(N)c1noc(-c2cc(C(F)(F)F)ccc2F)n1.